The summed E-state index contributed by atoms with van der Waals surface area (Å²) in [5, 5.41) is 0. The second-order valence-electron chi connectivity index (χ2n) is 4.02. The van der Waals surface area contributed by atoms with Crippen molar-refractivity contribution in [2.75, 3.05) is 24.2 Å². The molecule has 0 spiro atoms. The topological polar surface area (TPSA) is 110 Å². The summed E-state index contributed by atoms with van der Waals surface area (Å²) < 4.78 is 35.8. The lowest BCUT2D eigenvalue weighted by molar-refractivity contribution is 0.0513. The molecule has 0 aliphatic rings. The highest BCUT2D eigenvalue weighted by atomic mass is 32.2. The van der Waals surface area contributed by atoms with Crippen molar-refractivity contribution in [3.8, 4) is 0 Å². The minimum Gasteiger partial charge on any atom is -0.460 e. The maximum atomic E-state index is 11.9. The van der Waals surface area contributed by atoms with Gasteiger partial charge in [0.05, 0.1) is 24.7 Å². The summed E-state index contributed by atoms with van der Waals surface area (Å²) in [6, 6.07) is 0. The van der Waals surface area contributed by atoms with Crippen LogP contribution in [0.3, 0.4) is 0 Å². The van der Waals surface area contributed by atoms with E-state index >= 15 is 0 Å². The van der Waals surface area contributed by atoms with Crippen LogP contribution in [0, 0.1) is 0 Å². The fourth-order valence-corrected chi connectivity index (χ4v) is 2.87. The Balaban J connectivity index is 2.71. The molecule has 20 heavy (non-hydrogen) atoms. The van der Waals surface area contributed by atoms with Gasteiger partial charge in [-0.15, -0.1) is 0 Å². The molecule has 9 heteroatoms. The third-order valence-corrected chi connectivity index (χ3v) is 3.85. The number of rotatable bonds is 8. The van der Waals surface area contributed by atoms with E-state index in [0.717, 1.165) is 0 Å². The van der Waals surface area contributed by atoms with Crippen molar-refractivity contribution in [1.82, 2.24) is 9.97 Å². The fourth-order valence-electron chi connectivity index (χ4n) is 1.48. The number of H-pyrrole nitrogens is 1. The van der Waals surface area contributed by atoms with E-state index in [2.05, 4.69) is 14.7 Å². The van der Waals surface area contributed by atoms with E-state index in [1.807, 2.05) is 6.92 Å². The summed E-state index contributed by atoms with van der Waals surface area (Å²) in [5.41, 5.74) is 0. The number of imidazole rings is 1. The molecule has 1 aromatic rings. The third kappa shape index (κ3) is 4.82. The number of anilines is 1. The highest BCUT2D eigenvalue weighted by Crippen LogP contribution is 2.09. The molecule has 1 unspecified atom stereocenters. The molecule has 0 fully saturated rings. The smallest absolute Gasteiger partial charge is 0.374 e. The molecule has 1 aromatic heterocycles. The van der Waals surface area contributed by atoms with Crippen molar-refractivity contribution < 1.29 is 22.7 Å². The number of carbonyl (C=O) groups is 1. The number of ether oxygens (including phenoxy) is 2. The Morgan fingerprint density at radius 3 is 2.75 bits per heavy atom. The van der Waals surface area contributed by atoms with Gasteiger partial charge in [0, 0.05) is 7.11 Å². The second-order valence-corrected chi connectivity index (χ2v) is 5.78. The first-order chi connectivity index (χ1) is 9.41. The van der Waals surface area contributed by atoms with Crippen molar-refractivity contribution in [3.63, 3.8) is 0 Å². The molecule has 0 aliphatic heterocycles. The predicted octanol–water partition coefficient (Wildman–Crippen LogP) is 0.753. The summed E-state index contributed by atoms with van der Waals surface area (Å²) in [7, 11) is -2.12. The molecule has 0 radical (unpaired) electrons. The van der Waals surface area contributed by atoms with Crippen LogP contribution in [0.4, 0.5) is 5.82 Å². The van der Waals surface area contributed by atoms with Crippen molar-refractivity contribution in [3.05, 3.63) is 12.0 Å². The molecule has 0 aromatic carbocycles. The number of hydrogen-bond donors (Lipinski definition) is 2. The summed E-state index contributed by atoms with van der Waals surface area (Å²) >= 11 is 0. The van der Waals surface area contributed by atoms with E-state index in [9.17, 15) is 13.2 Å². The normalized spacial score (nSPS) is 12.9. The number of methoxy groups -OCH3 is 1. The number of aromatic amines is 1. The van der Waals surface area contributed by atoms with Crippen molar-refractivity contribution in [2.24, 2.45) is 0 Å². The average Bonchev–Trinajstić information content (AvgIpc) is 2.84. The third-order valence-electron chi connectivity index (χ3n) is 2.50. The fraction of sp³-hybridized carbons (Fsp3) is 0.636. The van der Waals surface area contributed by atoms with E-state index in [1.165, 1.54) is 13.3 Å². The van der Waals surface area contributed by atoms with E-state index in [-0.39, 0.29) is 30.1 Å². The lowest BCUT2D eigenvalue weighted by atomic mass is 10.3. The Kier molecular flexibility index (Phi) is 5.96. The van der Waals surface area contributed by atoms with Gasteiger partial charge in [-0.3, -0.25) is 4.72 Å². The summed E-state index contributed by atoms with van der Waals surface area (Å²) in [4.78, 5) is 17.7. The standard InChI is InChI=1S/C11H19N3O5S/c1-4-8(18-3)7-20(16,17)14-9-6-12-10(13-9)11(15)19-5-2/h6,8,14H,4-5,7H2,1-3H3,(H,12,13). The molecule has 0 aliphatic carbocycles. The van der Waals surface area contributed by atoms with Crippen LogP contribution in [0.2, 0.25) is 0 Å². The van der Waals surface area contributed by atoms with Gasteiger partial charge in [0.15, 0.2) is 0 Å². The summed E-state index contributed by atoms with van der Waals surface area (Å²) in [6.45, 7) is 3.71. The molecule has 114 valence electrons. The second kappa shape index (κ2) is 7.25. The minimum absolute atomic E-state index is 0.0525. The number of hydrogen-bond acceptors (Lipinski definition) is 6. The lowest BCUT2D eigenvalue weighted by Crippen LogP contribution is -2.27. The van der Waals surface area contributed by atoms with E-state index in [0.29, 0.717) is 6.42 Å². The number of nitrogens with one attached hydrogen (secondary N) is 2. The molecule has 0 saturated carbocycles. The minimum atomic E-state index is -3.58. The molecule has 0 amide bonds. The zero-order chi connectivity index (χ0) is 15.2. The van der Waals surface area contributed by atoms with Crippen LogP contribution in [0.5, 0.6) is 0 Å². The highest BCUT2D eigenvalue weighted by Gasteiger charge is 2.19. The van der Waals surface area contributed by atoms with Crippen LogP contribution in [0.25, 0.3) is 0 Å². The molecule has 2 N–H and O–H groups in total. The van der Waals surface area contributed by atoms with Crippen LogP contribution >= 0.6 is 0 Å². The van der Waals surface area contributed by atoms with Gasteiger partial charge in [-0.2, -0.15) is 0 Å². The van der Waals surface area contributed by atoms with Gasteiger partial charge in [-0.25, -0.2) is 18.2 Å². The Hall–Kier alpha value is -1.61. The van der Waals surface area contributed by atoms with Gasteiger partial charge >= 0.3 is 5.97 Å². The van der Waals surface area contributed by atoms with E-state index < -0.39 is 16.0 Å². The maximum absolute atomic E-state index is 11.9. The zero-order valence-electron chi connectivity index (χ0n) is 11.7. The van der Waals surface area contributed by atoms with Crippen molar-refractivity contribution >= 4 is 21.8 Å². The number of esters is 1. The van der Waals surface area contributed by atoms with Crippen LogP contribution < -0.4 is 4.72 Å². The molecular formula is C11H19N3O5S. The van der Waals surface area contributed by atoms with Crippen molar-refractivity contribution in [1.29, 1.82) is 0 Å². The van der Waals surface area contributed by atoms with E-state index in [1.54, 1.807) is 6.92 Å². The first-order valence-electron chi connectivity index (χ1n) is 6.17. The number of sulfonamides is 1. The monoisotopic (exact) mass is 305 g/mol. The molecule has 0 saturated heterocycles. The number of nitrogens with zero attached hydrogens (tertiary/aromatic N) is 1. The first kappa shape index (κ1) is 16.4. The predicted molar refractivity (Wildman–Crippen MR) is 73.0 cm³/mol. The highest BCUT2D eigenvalue weighted by molar-refractivity contribution is 7.92. The van der Waals surface area contributed by atoms with Crippen LogP contribution in [-0.2, 0) is 19.5 Å². The van der Waals surface area contributed by atoms with Gasteiger partial charge in [-0.1, -0.05) is 6.92 Å². The number of carbonyl (C=O) groups excluding carboxylic acids is 1. The SMILES string of the molecule is CCOC(=O)c1ncc(NS(=O)(=O)CC(CC)OC)[nH]1. The van der Waals surface area contributed by atoms with Crippen molar-refractivity contribution in [2.45, 2.75) is 26.4 Å². The van der Waals surface area contributed by atoms with Gasteiger partial charge in [0.1, 0.15) is 5.82 Å². The first-order valence-corrected chi connectivity index (χ1v) is 7.82. The van der Waals surface area contributed by atoms with Gasteiger partial charge < -0.3 is 14.5 Å². The molecule has 8 nitrogen and oxygen atoms in total. The quantitative estimate of drug-likeness (QED) is 0.686. The number of aromatic nitrogens is 2. The molecular weight excluding hydrogens is 286 g/mol. The molecule has 0 bridgehead atoms. The van der Waals surface area contributed by atoms with Gasteiger partial charge in [-0.05, 0) is 13.3 Å². The van der Waals surface area contributed by atoms with Crippen LogP contribution in [0.1, 0.15) is 30.9 Å². The Morgan fingerprint density at radius 2 is 2.20 bits per heavy atom. The Labute approximate surface area is 117 Å². The Morgan fingerprint density at radius 1 is 1.50 bits per heavy atom. The molecule has 1 atom stereocenters. The molecule has 1 heterocycles. The van der Waals surface area contributed by atoms with Crippen LogP contribution in [-0.4, -0.2) is 49.9 Å². The summed E-state index contributed by atoms with van der Waals surface area (Å²) in [6.07, 6.45) is 1.41. The average molecular weight is 305 g/mol. The largest absolute Gasteiger partial charge is 0.460 e. The van der Waals surface area contributed by atoms with E-state index in [4.69, 9.17) is 9.47 Å². The summed E-state index contributed by atoms with van der Waals surface area (Å²) in [5.74, 6) is -0.753. The van der Waals surface area contributed by atoms with Gasteiger partial charge in [0.25, 0.3) is 0 Å². The Bertz CT molecular complexity index is 536. The molecule has 1 rings (SSSR count). The van der Waals surface area contributed by atoms with Gasteiger partial charge in [0.2, 0.25) is 15.8 Å². The van der Waals surface area contributed by atoms with Crippen LogP contribution in [0.15, 0.2) is 6.20 Å². The zero-order valence-corrected chi connectivity index (χ0v) is 12.5. The lowest BCUT2D eigenvalue weighted by Gasteiger charge is -2.13. The maximum Gasteiger partial charge on any atom is 0.374 e.